The number of amides is 1. The summed E-state index contributed by atoms with van der Waals surface area (Å²) in [5, 5.41) is 3.36. The fourth-order valence-electron chi connectivity index (χ4n) is 3.57. The second-order valence-electron chi connectivity index (χ2n) is 8.77. The Morgan fingerprint density at radius 3 is 2.52 bits per heavy atom. The van der Waals surface area contributed by atoms with Crippen LogP contribution in [0.5, 0.6) is 0 Å². The molecule has 0 unspecified atom stereocenters. The van der Waals surface area contributed by atoms with E-state index in [0.29, 0.717) is 12.5 Å². The molecule has 0 atom stereocenters. The Hall–Kier alpha value is -1.45. The fourth-order valence-corrected chi connectivity index (χ4v) is 3.57. The lowest BCUT2D eigenvalue weighted by Gasteiger charge is -2.40. The fraction of sp³-hybridized carbons (Fsp3) is 0.714. The van der Waals surface area contributed by atoms with Crippen LogP contribution in [0, 0.1) is 5.92 Å². The van der Waals surface area contributed by atoms with Gasteiger partial charge in [0.1, 0.15) is 11.4 Å². The Morgan fingerprint density at radius 1 is 1.31 bits per heavy atom. The summed E-state index contributed by atoms with van der Waals surface area (Å²) in [4.78, 5) is 21.4. The van der Waals surface area contributed by atoms with Crippen LogP contribution in [-0.4, -0.2) is 60.2 Å². The number of rotatable bonds is 5. The quantitative estimate of drug-likeness (QED) is 0.362. The van der Waals surface area contributed by atoms with Crippen LogP contribution in [-0.2, 0) is 11.3 Å². The van der Waals surface area contributed by atoms with Gasteiger partial charge >= 0.3 is 6.09 Å². The minimum Gasteiger partial charge on any atom is -0.467 e. The molecule has 7 nitrogen and oxygen atoms in total. The zero-order valence-electron chi connectivity index (χ0n) is 18.0. The molecule has 0 aromatic carbocycles. The Morgan fingerprint density at radius 2 is 2.00 bits per heavy atom. The SMILES string of the molecule is CN=C(NCc1ccco1)N1CCC(N(CC2CC2)C(=O)OC(C)(C)C)CC1.I. The predicted octanol–water partition coefficient (Wildman–Crippen LogP) is 4.08. The molecule has 1 amide bonds. The Balaban J connectivity index is 0.00000300. The van der Waals surface area contributed by atoms with E-state index in [9.17, 15) is 4.79 Å². The van der Waals surface area contributed by atoms with Crippen LogP contribution in [0.25, 0.3) is 0 Å². The van der Waals surface area contributed by atoms with Gasteiger partial charge in [0.05, 0.1) is 12.8 Å². The molecule has 1 aliphatic heterocycles. The smallest absolute Gasteiger partial charge is 0.410 e. The molecule has 1 saturated heterocycles. The zero-order valence-corrected chi connectivity index (χ0v) is 20.3. The second kappa shape index (κ2) is 10.5. The zero-order chi connectivity index (χ0) is 20.1. The van der Waals surface area contributed by atoms with Crippen molar-refractivity contribution in [2.75, 3.05) is 26.7 Å². The molecule has 1 aliphatic carbocycles. The standard InChI is InChI=1S/C21H34N4O3.HI/c1-21(2,3)28-20(26)25(15-16-7-8-16)17-9-11-24(12-10-17)19(22-4)23-14-18-6-5-13-27-18;/h5-6,13,16-17H,7-12,14-15H2,1-4H3,(H,22,23);1H. The predicted molar refractivity (Wildman–Crippen MR) is 125 cm³/mol. The highest BCUT2D eigenvalue weighted by Gasteiger charge is 2.35. The number of aliphatic imine (C=N–C) groups is 1. The van der Waals surface area contributed by atoms with Gasteiger partial charge in [-0.1, -0.05) is 0 Å². The first-order valence-corrected chi connectivity index (χ1v) is 10.3. The van der Waals surface area contributed by atoms with Crippen LogP contribution < -0.4 is 5.32 Å². The molecule has 0 bridgehead atoms. The van der Waals surface area contributed by atoms with E-state index in [2.05, 4.69) is 15.2 Å². The number of furan rings is 1. The number of hydrogen-bond donors (Lipinski definition) is 1. The van der Waals surface area contributed by atoms with Crippen molar-refractivity contribution in [3.8, 4) is 0 Å². The average molecular weight is 518 g/mol. The second-order valence-corrected chi connectivity index (χ2v) is 8.77. The van der Waals surface area contributed by atoms with Gasteiger partial charge < -0.3 is 24.3 Å². The third-order valence-corrected chi connectivity index (χ3v) is 5.20. The van der Waals surface area contributed by atoms with Gasteiger partial charge in [0.25, 0.3) is 0 Å². The highest BCUT2D eigenvalue weighted by Crippen LogP contribution is 2.32. The lowest BCUT2D eigenvalue weighted by molar-refractivity contribution is 0.00927. The largest absolute Gasteiger partial charge is 0.467 e. The number of ether oxygens (including phenoxy) is 1. The Kier molecular flexibility index (Phi) is 8.66. The van der Waals surface area contributed by atoms with Gasteiger partial charge in [-0.25, -0.2) is 4.79 Å². The number of piperidine rings is 1. The maximum Gasteiger partial charge on any atom is 0.410 e. The summed E-state index contributed by atoms with van der Waals surface area (Å²) >= 11 is 0. The number of likely N-dealkylation sites (tertiary alicyclic amines) is 1. The minimum absolute atomic E-state index is 0. The molecule has 164 valence electrons. The van der Waals surface area contributed by atoms with Crippen molar-refractivity contribution in [1.29, 1.82) is 0 Å². The molecule has 29 heavy (non-hydrogen) atoms. The summed E-state index contributed by atoms with van der Waals surface area (Å²) in [5.41, 5.74) is -0.461. The van der Waals surface area contributed by atoms with Gasteiger partial charge in [-0.2, -0.15) is 0 Å². The summed E-state index contributed by atoms with van der Waals surface area (Å²) in [7, 11) is 1.80. The van der Waals surface area contributed by atoms with Crippen molar-refractivity contribution in [3.05, 3.63) is 24.2 Å². The van der Waals surface area contributed by atoms with E-state index in [1.807, 2.05) is 37.8 Å². The first-order chi connectivity index (χ1) is 13.4. The van der Waals surface area contributed by atoms with E-state index in [1.165, 1.54) is 12.8 Å². The van der Waals surface area contributed by atoms with Crippen molar-refractivity contribution in [2.24, 2.45) is 10.9 Å². The maximum absolute atomic E-state index is 12.8. The van der Waals surface area contributed by atoms with E-state index in [1.54, 1.807) is 13.3 Å². The molecule has 0 radical (unpaired) electrons. The number of nitrogens with zero attached hydrogens (tertiary/aromatic N) is 3. The summed E-state index contributed by atoms with van der Waals surface area (Å²) in [5.74, 6) is 2.41. The number of guanidine groups is 1. The molecule has 1 saturated carbocycles. The summed E-state index contributed by atoms with van der Waals surface area (Å²) in [6, 6.07) is 4.06. The summed E-state index contributed by atoms with van der Waals surface area (Å²) in [6.07, 6.45) is 5.80. The molecule has 3 rings (SSSR count). The monoisotopic (exact) mass is 518 g/mol. The number of carbonyl (C=O) groups is 1. The van der Waals surface area contributed by atoms with Gasteiger partial charge in [-0.15, -0.1) is 24.0 Å². The number of halogens is 1. The third-order valence-electron chi connectivity index (χ3n) is 5.20. The number of carbonyl (C=O) groups excluding carboxylic acids is 1. The molecule has 2 fully saturated rings. The first kappa shape index (κ1) is 23.8. The van der Waals surface area contributed by atoms with Crippen molar-refractivity contribution in [2.45, 2.75) is 64.6 Å². The van der Waals surface area contributed by atoms with E-state index >= 15 is 0 Å². The molecular weight excluding hydrogens is 483 g/mol. The van der Waals surface area contributed by atoms with Crippen LogP contribution in [0.1, 0.15) is 52.2 Å². The topological polar surface area (TPSA) is 70.3 Å². The normalized spacial score (nSPS) is 18.2. The van der Waals surface area contributed by atoms with Gasteiger partial charge in [-0.05, 0) is 64.5 Å². The molecule has 1 aromatic heterocycles. The summed E-state index contributed by atoms with van der Waals surface area (Å²) in [6.45, 7) is 8.96. The molecule has 0 spiro atoms. The molecular formula is C21H35IN4O3. The van der Waals surface area contributed by atoms with Crippen molar-refractivity contribution < 1.29 is 13.9 Å². The number of hydrogen-bond acceptors (Lipinski definition) is 4. The lowest BCUT2D eigenvalue weighted by Crippen LogP contribution is -2.52. The van der Waals surface area contributed by atoms with Crippen LogP contribution in [0.15, 0.2) is 27.8 Å². The van der Waals surface area contributed by atoms with Crippen LogP contribution in [0.3, 0.4) is 0 Å². The van der Waals surface area contributed by atoms with Gasteiger partial charge in [0.15, 0.2) is 5.96 Å². The number of nitrogens with one attached hydrogen (secondary N) is 1. The average Bonchev–Trinajstić information content (AvgIpc) is 3.32. The first-order valence-electron chi connectivity index (χ1n) is 10.3. The van der Waals surface area contributed by atoms with Gasteiger partial charge in [0.2, 0.25) is 0 Å². The van der Waals surface area contributed by atoms with Crippen molar-refractivity contribution in [1.82, 2.24) is 15.1 Å². The highest BCUT2D eigenvalue weighted by molar-refractivity contribution is 14.0. The van der Waals surface area contributed by atoms with Gasteiger partial charge in [0, 0.05) is 32.7 Å². The van der Waals surface area contributed by atoms with E-state index in [0.717, 1.165) is 44.2 Å². The maximum atomic E-state index is 12.8. The van der Waals surface area contributed by atoms with E-state index in [4.69, 9.17) is 9.15 Å². The van der Waals surface area contributed by atoms with Crippen LogP contribution in [0.2, 0.25) is 0 Å². The Bertz CT molecular complexity index is 660. The van der Waals surface area contributed by atoms with E-state index < -0.39 is 5.60 Å². The molecule has 8 heteroatoms. The van der Waals surface area contributed by atoms with Crippen LogP contribution in [0.4, 0.5) is 4.79 Å². The van der Waals surface area contributed by atoms with Crippen molar-refractivity contribution in [3.63, 3.8) is 0 Å². The van der Waals surface area contributed by atoms with Gasteiger partial charge in [-0.3, -0.25) is 4.99 Å². The van der Waals surface area contributed by atoms with E-state index in [-0.39, 0.29) is 36.1 Å². The highest BCUT2D eigenvalue weighted by atomic mass is 127. The third kappa shape index (κ3) is 7.38. The summed E-state index contributed by atoms with van der Waals surface area (Å²) < 4.78 is 11.1. The molecule has 2 aliphatic rings. The molecule has 2 heterocycles. The van der Waals surface area contributed by atoms with Crippen LogP contribution >= 0.6 is 24.0 Å². The van der Waals surface area contributed by atoms with Crippen molar-refractivity contribution >= 4 is 36.0 Å². The lowest BCUT2D eigenvalue weighted by atomic mass is 10.0. The Labute approximate surface area is 191 Å². The molecule has 1 aromatic rings. The minimum atomic E-state index is -0.461. The molecule has 1 N–H and O–H groups in total.